The summed E-state index contributed by atoms with van der Waals surface area (Å²) in [4.78, 5) is 16.4. The number of sulfonamides is 1. The van der Waals surface area contributed by atoms with Crippen LogP contribution in [0.3, 0.4) is 0 Å². The highest BCUT2D eigenvalue weighted by molar-refractivity contribution is 7.93. The largest absolute Gasteiger partial charge is 0.305 e. The van der Waals surface area contributed by atoms with E-state index in [4.69, 9.17) is 11.6 Å². The molecule has 0 saturated heterocycles. The predicted molar refractivity (Wildman–Crippen MR) is 120 cm³/mol. The number of nitrogens with zero attached hydrogens (tertiary/aromatic N) is 3. The topological polar surface area (TPSA) is 106 Å². The molecule has 2 N–H and O–H groups in total. The lowest BCUT2D eigenvalue weighted by Gasteiger charge is -2.07. The van der Waals surface area contributed by atoms with Gasteiger partial charge in [0, 0.05) is 34.4 Å². The number of benzene rings is 2. The molecule has 0 bridgehead atoms. The number of carbonyl (C=O) groups is 1. The third-order valence-corrected chi connectivity index (χ3v) is 6.65. The van der Waals surface area contributed by atoms with Crippen LogP contribution in [0, 0.1) is 0 Å². The number of anilines is 2. The number of aromatic nitrogens is 3. The smallest absolute Gasteiger partial charge is 0.263 e. The van der Waals surface area contributed by atoms with Crippen molar-refractivity contribution in [1.82, 2.24) is 14.8 Å². The Bertz CT molecular complexity index is 1290. The van der Waals surface area contributed by atoms with Crippen LogP contribution in [0.2, 0.25) is 5.02 Å². The first-order valence-corrected chi connectivity index (χ1v) is 11.7. The SMILES string of the molecule is O=C(Nc1ccn(Cc2ccc(Cl)cc2)n1)c1ccc(S(=O)(=O)Nc2nccs2)cc1. The van der Waals surface area contributed by atoms with Gasteiger partial charge < -0.3 is 5.32 Å². The van der Waals surface area contributed by atoms with Gasteiger partial charge in [-0.1, -0.05) is 23.7 Å². The number of thiazole rings is 1. The molecule has 0 aliphatic carbocycles. The van der Waals surface area contributed by atoms with Gasteiger partial charge in [0.25, 0.3) is 15.9 Å². The van der Waals surface area contributed by atoms with Gasteiger partial charge >= 0.3 is 0 Å². The second-order valence-electron chi connectivity index (χ2n) is 6.45. The van der Waals surface area contributed by atoms with E-state index < -0.39 is 15.9 Å². The van der Waals surface area contributed by atoms with Crippen LogP contribution in [0.1, 0.15) is 15.9 Å². The van der Waals surface area contributed by atoms with E-state index in [-0.39, 0.29) is 10.0 Å². The Morgan fingerprint density at radius 2 is 1.81 bits per heavy atom. The van der Waals surface area contributed by atoms with Gasteiger partial charge in [0.15, 0.2) is 10.9 Å². The Kier molecular flexibility index (Phi) is 6.03. The molecule has 2 heterocycles. The number of hydrogen-bond acceptors (Lipinski definition) is 6. The molecule has 1 amide bonds. The van der Waals surface area contributed by atoms with E-state index in [9.17, 15) is 13.2 Å². The van der Waals surface area contributed by atoms with Crippen molar-refractivity contribution in [2.75, 3.05) is 10.0 Å². The fourth-order valence-corrected chi connectivity index (χ4v) is 4.63. The monoisotopic (exact) mass is 473 g/mol. The summed E-state index contributed by atoms with van der Waals surface area (Å²) < 4.78 is 28.8. The number of nitrogens with one attached hydrogen (secondary N) is 2. The molecule has 2 aromatic carbocycles. The molecular weight excluding hydrogens is 458 g/mol. The van der Waals surface area contributed by atoms with Crippen molar-refractivity contribution in [2.45, 2.75) is 11.4 Å². The molecule has 0 aliphatic heterocycles. The van der Waals surface area contributed by atoms with Crippen molar-refractivity contribution in [3.8, 4) is 0 Å². The van der Waals surface area contributed by atoms with Crippen LogP contribution in [0.15, 0.2) is 77.3 Å². The molecule has 0 saturated carbocycles. The van der Waals surface area contributed by atoms with Gasteiger partial charge in [-0.15, -0.1) is 11.3 Å². The normalized spacial score (nSPS) is 11.3. The highest BCUT2D eigenvalue weighted by Gasteiger charge is 2.16. The minimum Gasteiger partial charge on any atom is -0.305 e. The molecule has 0 fully saturated rings. The Morgan fingerprint density at radius 3 is 2.48 bits per heavy atom. The molecule has 0 atom stereocenters. The average Bonchev–Trinajstić information content (AvgIpc) is 3.41. The Hall–Kier alpha value is -3.21. The maximum atomic E-state index is 12.5. The number of carbonyl (C=O) groups excluding carboxylic acids is 1. The summed E-state index contributed by atoms with van der Waals surface area (Å²) in [5.41, 5.74) is 1.33. The molecule has 8 nitrogen and oxygen atoms in total. The summed E-state index contributed by atoms with van der Waals surface area (Å²) in [6, 6.07) is 14.7. The van der Waals surface area contributed by atoms with Gasteiger partial charge in [0.2, 0.25) is 0 Å². The first-order valence-electron chi connectivity index (χ1n) is 9.01. The zero-order chi connectivity index (χ0) is 21.8. The summed E-state index contributed by atoms with van der Waals surface area (Å²) in [7, 11) is -3.77. The second kappa shape index (κ2) is 8.88. The molecule has 4 rings (SSSR count). The lowest BCUT2D eigenvalue weighted by Crippen LogP contribution is -2.15. The van der Waals surface area contributed by atoms with Crippen LogP contribution in [-0.2, 0) is 16.6 Å². The van der Waals surface area contributed by atoms with Gasteiger partial charge in [-0.05, 0) is 42.0 Å². The van der Waals surface area contributed by atoms with E-state index in [1.807, 2.05) is 12.1 Å². The first kappa shape index (κ1) is 21.0. The average molecular weight is 474 g/mol. The van der Waals surface area contributed by atoms with Crippen molar-refractivity contribution < 1.29 is 13.2 Å². The molecule has 0 aliphatic rings. The summed E-state index contributed by atoms with van der Waals surface area (Å²) in [6.07, 6.45) is 3.26. The van der Waals surface area contributed by atoms with Crippen LogP contribution < -0.4 is 10.0 Å². The van der Waals surface area contributed by atoms with E-state index in [2.05, 4.69) is 20.1 Å². The van der Waals surface area contributed by atoms with Gasteiger partial charge in [-0.2, -0.15) is 5.10 Å². The molecule has 0 unspecified atom stereocenters. The zero-order valence-corrected chi connectivity index (χ0v) is 18.3. The van der Waals surface area contributed by atoms with Crippen molar-refractivity contribution in [1.29, 1.82) is 0 Å². The third kappa shape index (κ3) is 5.29. The van der Waals surface area contributed by atoms with Crippen LogP contribution in [0.25, 0.3) is 0 Å². The fraction of sp³-hybridized carbons (Fsp3) is 0.0500. The number of rotatable bonds is 7. The van der Waals surface area contributed by atoms with Crippen molar-refractivity contribution in [3.63, 3.8) is 0 Å². The molecule has 158 valence electrons. The van der Waals surface area contributed by atoms with Crippen molar-refractivity contribution >= 4 is 49.8 Å². The number of hydrogen-bond donors (Lipinski definition) is 2. The Balaban J connectivity index is 1.40. The Morgan fingerprint density at radius 1 is 1.06 bits per heavy atom. The van der Waals surface area contributed by atoms with E-state index >= 15 is 0 Å². The first-order chi connectivity index (χ1) is 14.9. The standard InChI is InChI=1S/C20H16ClN5O3S2/c21-16-5-1-14(2-6-16)13-26-11-9-18(24-26)23-19(27)15-3-7-17(8-4-15)31(28,29)25-20-22-10-12-30-20/h1-12H,13H2,(H,22,25)(H,23,24,27). The quantitative estimate of drug-likeness (QED) is 0.420. The summed E-state index contributed by atoms with van der Waals surface area (Å²) in [5.74, 6) is -0.00493. The van der Waals surface area contributed by atoms with Crippen LogP contribution in [-0.4, -0.2) is 29.1 Å². The molecular formula is C20H16ClN5O3S2. The van der Waals surface area contributed by atoms with E-state index in [1.165, 1.54) is 41.8 Å². The van der Waals surface area contributed by atoms with Crippen molar-refractivity contribution in [3.05, 3.63) is 88.5 Å². The minimum absolute atomic E-state index is 0.0338. The highest BCUT2D eigenvalue weighted by Crippen LogP contribution is 2.19. The summed E-state index contributed by atoms with van der Waals surface area (Å²) >= 11 is 7.07. The van der Waals surface area contributed by atoms with Crippen molar-refractivity contribution in [2.24, 2.45) is 0 Å². The second-order valence-corrected chi connectivity index (χ2v) is 9.46. The molecule has 0 spiro atoms. The molecule has 2 aromatic heterocycles. The van der Waals surface area contributed by atoms with Crippen LogP contribution in [0.5, 0.6) is 0 Å². The van der Waals surface area contributed by atoms with Crippen LogP contribution in [0.4, 0.5) is 10.9 Å². The summed E-state index contributed by atoms with van der Waals surface area (Å²) in [6.45, 7) is 0.533. The molecule has 11 heteroatoms. The third-order valence-electron chi connectivity index (χ3n) is 4.22. The maximum Gasteiger partial charge on any atom is 0.263 e. The maximum absolute atomic E-state index is 12.5. The summed E-state index contributed by atoms with van der Waals surface area (Å²) in [5, 5.41) is 9.64. The van der Waals surface area contributed by atoms with Gasteiger partial charge in [-0.25, -0.2) is 13.4 Å². The molecule has 0 radical (unpaired) electrons. The van der Waals surface area contributed by atoms with E-state index in [0.29, 0.717) is 22.9 Å². The van der Waals surface area contributed by atoms with Gasteiger partial charge in [0.05, 0.1) is 11.4 Å². The highest BCUT2D eigenvalue weighted by atomic mass is 35.5. The van der Waals surface area contributed by atoms with Crippen LogP contribution >= 0.6 is 22.9 Å². The number of amides is 1. The number of halogens is 1. The molecule has 31 heavy (non-hydrogen) atoms. The van der Waals surface area contributed by atoms with E-state index in [1.54, 1.807) is 34.5 Å². The zero-order valence-electron chi connectivity index (χ0n) is 15.9. The fourth-order valence-electron chi connectivity index (χ4n) is 2.71. The van der Waals surface area contributed by atoms with E-state index in [0.717, 1.165) is 5.56 Å². The van der Waals surface area contributed by atoms with Gasteiger partial charge in [0.1, 0.15) is 0 Å². The minimum atomic E-state index is -3.77. The Labute approximate surface area is 187 Å². The predicted octanol–water partition coefficient (Wildman–Crippen LogP) is 4.09. The van der Waals surface area contributed by atoms with Gasteiger partial charge in [-0.3, -0.25) is 14.2 Å². The lowest BCUT2D eigenvalue weighted by atomic mass is 10.2. The lowest BCUT2D eigenvalue weighted by molar-refractivity contribution is 0.102. The molecule has 4 aromatic rings.